The standard InChI is InChI=1S/C14H14N2O3/c1-10-7-8-15-12(9-10)19-13(14(17)16-18)11-5-3-2-4-6-11/h2-9,13,18H,1H3,(H,16,17). The van der Waals surface area contributed by atoms with Crippen LogP contribution in [-0.2, 0) is 4.79 Å². The number of hydrogen-bond donors (Lipinski definition) is 2. The van der Waals surface area contributed by atoms with Crippen molar-refractivity contribution in [1.29, 1.82) is 0 Å². The lowest BCUT2D eigenvalue weighted by molar-refractivity contribution is -0.136. The van der Waals surface area contributed by atoms with Crippen molar-refractivity contribution in [1.82, 2.24) is 10.5 Å². The first-order valence-corrected chi connectivity index (χ1v) is 5.79. The molecule has 0 radical (unpaired) electrons. The van der Waals surface area contributed by atoms with Crippen LogP contribution in [-0.4, -0.2) is 16.1 Å². The van der Waals surface area contributed by atoms with Crippen LogP contribution in [0.3, 0.4) is 0 Å². The van der Waals surface area contributed by atoms with E-state index in [9.17, 15) is 4.79 Å². The van der Waals surface area contributed by atoms with E-state index < -0.39 is 12.0 Å². The maximum atomic E-state index is 11.7. The molecule has 1 amide bonds. The van der Waals surface area contributed by atoms with Gasteiger partial charge >= 0.3 is 0 Å². The fourth-order valence-corrected chi connectivity index (χ4v) is 1.65. The Morgan fingerprint density at radius 2 is 2.05 bits per heavy atom. The van der Waals surface area contributed by atoms with Crippen molar-refractivity contribution in [2.24, 2.45) is 0 Å². The Hall–Kier alpha value is -2.40. The van der Waals surface area contributed by atoms with Crippen LogP contribution in [0.4, 0.5) is 0 Å². The summed E-state index contributed by atoms with van der Waals surface area (Å²) in [6.45, 7) is 1.90. The third kappa shape index (κ3) is 3.29. The summed E-state index contributed by atoms with van der Waals surface area (Å²) in [5.41, 5.74) is 3.22. The average molecular weight is 258 g/mol. The minimum absolute atomic E-state index is 0.331. The number of nitrogens with one attached hydrogen (secondary N) is 1. The Balaban J connectivity index is 2.27. The molecule has 2 N–H and O–H groups in total. The largest absolute Gasteiger partial charge is 0.459 e. The van der Waals surface area contributed by atoms with E-state index in [4.69, 9.17) is 9.94 Å². The van der Waals surface area contributed by atoms with Gasteiger partial charge in [0.25, 0.3) is 5.91 Å². The molecule has 0 fully saturated rings. The van der Waals surface area contributed by atoms with E-state index in [-0.39, 0.29) is 0 Å². The normalized spacial score (nSPS) is 11.7. The predicted molar refractivity (Wildman–Crippen MR) is 68.7 cm³/mol. The molecular formula is C14H14N2O3. The third-order valence-electron chi connectivity index (χ3n) is 2.58. The van der Waals surface area contributed by atoms with Gasteiger partial charge in [-0.1, -0.05) is 30.3 Å². The first-order valence-electron chi connectivity index (χ1n) is 5.79. The summed E-state index contributed by atoms with van der Waals surface area (Å²) in [7, 11) is 0. The van der Waals surface area contributed by atoms with E-state index in [1.165, 1.54) is 0 Å². The Bertz CT molecular complexity index is 558. The van der Waals surface area contributed by atoms with Gasteiger partial charge in [-0.15, -0.1) is 0 Å². The van der Waals surface area contributed by atoms with Crippen molar-refractivity contribution in [2.45, 2.75) is 13.0 Å². The van der Waals surface area contributed by atoms with Crippen LogP contribution >= 0.6 is 0 Å². The fourth-order valence-electron chi connectivity index (χ4n) is 1.65. The second kappa shape index (κ2) is 5.97. The summed E-state index contributed by atoms with van der Waals surface area (Å²) < 4.78 is 5.55. The Labute approximate surface area is 110 Å². The molecule has 1 heterocycles. The number of hydrogen-bond acceptors (Lipinski definition) is 4. The van der Waals surface area contributed by atoms with Gasteiger partial charge in [0.15, 0.2) is 0 Å². The lowest BCUT2D eigenvalue weighted by Gasteiger charge is -2.16. The SMILES string of the molecule is Cc1ccnc(OC(C(=O)NO)c2ccccc2)c1. The lowest BCUT2D eigenvalue weighted by Crippen LogP contribution is -2.30. The van der Waals surface area contributed by atoms with E-state index in [2.05, 4.69) is 4.98 Å². The van der Waals surface area contributed by atoms with Crippen LogP contribution in [0.25, 0.3) is 0 Å². The zero-order chi connectivity index (χ0) is 13.7. The summed E-state index contributed by atoms with van der Waals surface area (Å²) >= 11 is 0. The molecule has 1 unspecified atom stereocenters. The minimum atomic E-state index is -0.944. The zero-order valence-corrected chi connectivity index (χ0v) is 10.4. The molecule has 1 aromatic carbocycles. The summed E-state index contributed by atoms with van der Waals surface area (Å²) in [6, 6.07) is 12.5. The number of ether oxygens (including phenoxy) is 1. The quantitative estimate of drug-likeness (QED) is 0.650. The van der Waals surface area contributed by atoms with Gasteiger partial charge in [0.2, 0.25) is 12.0 Å². The smallest absolute Gasteiger partial charge is 0.289 e. The molecule has 2 rings (SSSR count). The summed E-state index contributed by atoms with van der Waals surface area (Å²) in [6.07, 6.45) is 0.657. The van der Waals surface area contributed by atoms with Crippen LogP contribution in [0.5, 0.6) is 5.88 Å². The number of nitrogens with zero attached hydrogens (tertiary/aromatic N) is 1. The highest BCUT2D eigenvalue weighted by Gasteiger charge is 2.22. The molecule has 5 heteroatoms. The van der Waals surface area contributed by atoms with Gasteiger partial charge in [-0.05, 0) is 18.6 Å². The van der Waals surface area contributed by atoms with Crippen molar-refractivity contribution in [3.8, 4) is 5.88 Å². The number of hydroxylamine groups is 1. The van der Waals surface area contributed by atoms with Crippen LogP contribution in [0.2, 0.25) is 0 Å². The molecule has 1 aromatic heterocycles. The fraction of sp³-hybridized carbons (Fsp3) is 0.143. The van der Waals surface area contributed by atoms with Gasteiger partial charge in [-0.2, -0.15) is 0 Å². The number of carbonyl (C=O) groups is 1. The lowest BCUT2D eigenvalue weighted by atomic mass is 10.1. The molecule has 0 bridgehead atoms. The van der Waals surface area contributed by atoms with Crippen LogP contribution in [0, 0.1) is 6.92 Å². The number of benzene rings is 1. The van der Waals surface area contributed by atoms with Gasteiger partial charge in [0, 0.05) is 17.8 Å². The van der Waals surface area contributed by atoms with Crippen LogP contribution in [0.1, 0.15) is 17.2 Å². The molecule has 0 aliphatic carbocycles. The topological polar surface area (TPSA) is 71.5 Å². The van der Waals surface area contributed by atoms with Gasteiger partial charge in [-0.25, -0.2) is 10.5 Å². The molecule has 19 heavy (non-hydrogen) atoms. The first kappa shape index (κ1) is 13.0. The number of amides is 1. The third-order valence-corrected chi connectivity index (χ3v) is 2.58. The number of rotatable bonds is 4. The van der Waals surface area contributed by atoms with E-state index in [0.29, 0.717) is 11.4 Å². The maximum absolute atomic E-state index is 11.7. The molecule has 0 aliphatic rings. The molecule has 1 atom stereocenters. The van der Waals surface area contributed by atoms with Crippen LogP contribution in [0.15, 0.2) is 48.7 Å². The van der Waals surface area contributed by atoms with Gasteiger partial charge in [-0.3, -0.25) is 10.0 Å². The molecular weight excluding hydrogens is 244 g/mol. The summed E-state index contributed by atoms with van der Waals surface area (Å²) in [4.78, 5) is 15.7. The summed E-state index contributed by atoms with van der Waals surface area (Å²) in [5, 5.41) is 8.80. The molecule has 0 spiro atoms. The number of carbonyl (C=O) groups excluding carboxylic acids is 1. The highest BCUT2D eigenvalue weighted by Crippen LogP contribution is 2.21. The van der Waals surface area contributed by atoms with Gasteiger partial charge < -0.3 is 4.74 Å². The second-order valence-electron chi connectivity index (χ2n) is 4.06. The number of aromatic nitrogens is 1. The second-order valence-corrected chi connectivity index (χ2v) is 4.06. The number of pyridine rings is 1. The average Bonchev–Trinajstić information content (AvgIpc) is 2.45. The van der Waals surface area contributed by atoms with Gasteiger partial charge in [0.05, 0.1) is 0 Å². The molecule has 5 nitrogen and oxygen atoms in total. The van der Waals surface area contributed by atoms with Crippen molar-refractivity contribution in [3.63, 3.8) is 0 Å². The predicted octanol–water partition coefficient (Wildman–Crippen LogP) is 2.02. The molecule has 0 saturated heterocycles. The maximum Gasteiger partial charge on any atom is 0.289 e. The molecule has 0 saturated carbocycles. The molecule has 2 aromatic rings. The van der Waals surface area contributed by atoms with Gasteiger partial charge in [0.1, 0.15) is 0 Å². The van der Waals surface area contributed by atoms with Crippen molar-refractivity contribution in [2.75, 3.05) is 0 Å². The van der Waals surface area contributed by atoms with Crippen molar-refractivity contribution in [3.05, 3.63) is 59.8 Å². The van der Waals surface area contributed by atoms with E-state index in [1.807, 2.05) is 19.1 Å². The molecule has 0 aliphatic heterocycles. The minimum Gasteiger partial charge on any atom is -0.459 e. The van der Waals surface area contributed by atoms with Crippen LogP contribution < -0.4 is 10.2 Å². The zero-order valence-electron chi connectivity index (χ0n) is 10.4. The Kier molecular flexibility index (Phi) is 4.10. The molecule has 98 valence electrons. The summed E-state index contributed by atoms with van der Waals surface area (Å²) in [5.74, 6) is -0.313. The highest BCUT2D eigenvalue weighted by molar-refractivity contribution is 5.81. The number of aryl methyl sites for hydroxylation is 1. The van der Waals surface area contributed by atoms with E-state index in [1.54, 1.807) is 42.0 Å². The van der Waals surface area contributed by atoms with Crippen molar-refractivity contribution < 1.29 is 14.7 Å². The van der Waals surface area contributed by atoms with E-state index >= 15 is 0 Å². The Morgan fingerprint density at radius 1 is 1.32 bits per heavy atom. The van der Waals surface area contributed by atoms with Crippen molar-refractivity contribution >= 4 is 5.91 Å². The van der Waals surface area contributed by atoms with E-state index in [0.717, 1.165) is 5.56 Å². The Morgan fingerprint density at radius 3 is 2.68 bits per heavy atom. The first-order chi connectivity index (χ1) is 9.20. The monoisotopic (exact) mass is 258 g/mol. The highest BCUT2D eigenvalue weighted by atomic mass is 16.5.